The first-order valence-electron chi connectivity index (χ1n) is 7.82. The average Bonchev–Trinajstić information content (AvgIpc) is 3.02. The quantitative estimate of drug-likeness (QED) is 0.733. The predicted molar refractivity (Wildman–Crippen MR) is 98.2 cm³/mol. The zero-order valence-electron chi connectivity index (χ0n) is 13.7. The summed E-state index contributed by atoms with van der Waals surface area (Å²) in [5, 5.41) is 0. The molecule has 1 aromatic heterocycles. The largest absolute Gasteiger partial charge is 0.336 e. The SMILES string of the molecule is CC1CN(C(=O)c2ccccc2)CCN1S(=O)(=O)c1cc[c]([AlH2])s1. The lowest BCUT2D eigenvalue weighted by molar-refractivity contribution is 0.0642. The Morgan fingerprint density at radius 1 is 1.17 bits per heavy atom. The van der Waals surface area contributed by atoms with Crippen molar-refractivity contribution in [3.8, 4) is 0 Å². The van der Waals surface area contributed by atoms with Crippen LogP contribution in [-0.4, -0.2) is 65.5 Å². The van der Waals surface area contributed by atoms with Crippen LogP contribution in [0.5, 0.6) is 0 Å². The van der Waals surface area contributed by atoms with E-state index in [1.54, 1.807) is 23.1 Å². The molecule has 0 spiro atoms. The molecule has 1 saturated heterocycles. The van der Waals surface area contributed by atoms with E-state index in [0.29, 0.717) is 29.4 Å². The number of rotatable bonds is 3. The summed E-state index contributed by atoms with van der Waals surface area (Å²) in [7, 11) is -3.47. The molecule has 1 fully saturated rings. The van der Waals surface area contributed by atoms with Gasteiger partial charge in [-0.2, -0.15) is 4.31 Å². The number of piperazine rings is 1. The molecule has 2 heterocycles. The van der Waals surface area contributed by atoms with Gasteiger partial charge in [-0.05, 0) is 25.1 Å². The molecule has 1 aromatic carbocycles. The van der Waals surface area contributed by atoms with E-state index >= 15 is 0 Å². The van der Waals surface area contributed by atoms with Gasteiger partial charge in [0.05, 0.1) is 0 Å². The van der Waals surface area contributed by atoms with E-state index in [2.05, 4.69) is 0 Å². The molecule has 0 radical (unpaired) electrons. The Labute approximate surface area is 154 Å². The monoisotopic (exact) mass is 378 g/mol. The molecule has 0 saturated carbocycles. The zero-order chi connectivity index (χ0) is 17.3. The Morgan fingerprint density at radius 2 is 1.88 bits per heavy atom. The van der Waals surface area contributed by atoms with Gasteiger partial charge in [0.1, 0.15) is 4.21 Å². The molecule has 1 aliphatic heterocycles. The topological polar surface area (TPSA) is 57.7 Å². The molecule has 1 unspecified atom stereocenters. The molecule has 2 aromatic rings. The fourth-order valence-electron chi connectivity index (χ4n) is 2.91. The summed E-state index contributed by atoms with van der Waals surface area (Å²) in [6.07, 6.45) is 0. The fourth-order valence-corrected chi connectivity index (χ4v) is 7.21. The van der Waals surface area contributed by atoms with E-state index in [-0.39, 0.29) is 11.9 Å². The molecule has 0 bridgehead atoms. The molecule has 0 N–H and O–H groups in total. The summed E-state index contributed by atoms with van der Waals surface area (Å²) in [5.41, 5.74) is 0.639. The Balaban J connectivity index is 1.75. The molecule has 5 nitrogen and oxygen atoms in total. The van der Waals surface area contributed by atoms with E-state index in [1.165, 1.54) is 15.6 Å². The first-order chi connectivity index (χ1) is 11.4. The van der Waals surface area contributed by atoms with Crippen molar-refractivity contribution in [1.29, 1.82) is 0 Å². The summed E-state index contributed by atoms with van der Waals surface area (Å²) >= 11 is 2.20. The van der Waals surface area contributed by atoms with Gasteiger partial charge in [-0.25, -0.2) is 8.42 Å². The number of benzene rings is 1. The third-order valence-corrected chi connectivity index (χ3v) is 8.58. The normalized spacial score (nSPS) is 19.4. The van der Waals surface area contributed by atoms with E-state index in [0.717, 1.165) is 20.0 Å². The highest BCUT2D eigenvalue weighted by molar-refractivity contribution is 7.91. The first-order valence-corrected chi connectivity index (χ1v) is 11.1. The van der Waals surface area contributed by atoms with Gasteiger partial charge < -0.3 is 4.90 Å². The first kappa shape index (κ1) is 17.6. The van der Waals surface area contributed by atoms with Gasteiger partial charge in [0.25, 0.3) is 32.2 Å². The van der Waals surface area contributed by atoms with Crippen molar-refractivity contribution in [1.82, 2.24) is 9.21 Å². The maximum absolute atomic E-state index is 12.8. The van der Waals surface area contributed by atoms with E-state index in [1.807, 2.05) is 31.2 Å². The lowest BCUT2D eigenvalue weighted by Crippen LogP contribution is -2.55. The summed E-state index contributed by atoms with van der Waals surface area (Å²) in [4.78, 5) is 14.3. The minimum Gasteiger partial charge on any atom is -0.336 e. The van der Waals surface area contributed by atoms with Crippen LogP contribution < -0.4 is 3.74 Å². The Hall–Kier alpha value is -1.17. The fraction of sp³-hybridized carbons (Fsp3) is 0.312. The van der Waals surface area contributed by atoms with Crippen LogP contribution in [0.2, 0.25) is 0 Å². The smallest absolute Gasteiger partial charge is 0.275 e. The molecule has 3 rings (SSSR count). The summed E-state index contributed by atoms with van der Waals surface area (Å²) in [5.74, 6) is -0.0440. The second-order valence-electron chi connectivity index (χ2n) is 5.95. The van der Waals surface area contributed by atoms with Crippen LogP contribution in [0.3, 0.4) is 0 Å². The highest BCUT2D eigenvalue weighted by atomic mass is 32.2. The number of carbonyl (C=O) groups is 1. The number of hydrogen-bond acceptors (Lipinski definition) is 4. The van der Waals surface area contributed by atoms with Gasteiger partial charge in [-0.3, -0.25) is 4.79 Å². The number of nitrogens with zero attached hydrogens (tertiary/aromatic N) is 2. The Bertz CT molecular complexity index is 836. The molecule has 1 amide bonds. The predicted octanol–water partition coefficient (Wildman–Crippen LogP) is 0.542. The van der Waals surface area contributed by atoms with Gasteiger partial charge in [-0.1, -0.05) is 28.0 Å². The molecule has 126 valence electrons. The van der Waals surface area contributed by atoms with E-state index < -0.39 is 10.0 Å². The molecular weight excluding hydrogens is 359 g/mol. The summed E-state index contributed by atoms with van der Waals surface area (Å²) < 4.78 is 28.6. The van der Waals surface area contributed by atoms with Crippen LogP contribution in [0, 0.1) is 0 Å². The van der Waals surface area contributed by atoms with Crippen molar-refractivity contribution in [3.05, 3.63) is 48.0 Å². The lowest BCUT2D eigenvalue weighted by atomic mass is 10.1. The van der Waals surface area contributed by atoms with Crippen LogP contribution >= 0.6 is 11.3 Å². The molecule has 1 aliphatic rings. The van der Waals surface area contributed by atoms with Crippen LogP contribution in [0.1, 0.15) is 17.3 Å². The van der Waals surface area contributed by atoms with Crippen molar-refractivity contribution in [3.63, 3.8) is 0 Å². The summed E-state index contributed by atoms with van der Waals surface area (Å²) in [6.45, 7) is 3.01. The molecule has 1 atom stereocenters. The minimum absolute atomic E-state index is 0.0440. The molecule has 0 aliphatic carbocycles. The van der Waals surface area contributed by atoms with E-state index in [4.69, 9.17) is 0 Å². The van der Waals surface area contributed by atoms with Gasteiger partial charge >= 0.3 is 0 Å². The van der Waals surface area contributed by atoms with Crippen molar-refractivity contribution in [2.45, 2.75) is 17.2 Å². The van der Waals surface area contributed by atoms with Crippen LogP contribution in [0.4, 0.5) is 0 Å². The zero-order valence-corrected chi connectivity index (χ0v) is 17.3. The van der Waals surface area contributed by atoms with Crippen LogP contribution in [-0.2, 0) is 10.0 Å². The standard InChI is InChI=1S/C16H17N2O3S2.Al.2H/c1-13-12-17(16(19)14-6-3-2-4-7-14)9-10-18(13)23(20,21)15-8-5-11-22-15;;;/h2-8,13H,9-10,12H2,1H3;;;. The van der Waals surface area contributed by atoms with Gasteiger partial charge in [0.2, 0.25) is 0 Å². The third kappa shape index (κ3) is 3.44. The average molecular weight is 378 g/mol. The second-order valence-corrected chi connectivity index (χ2v) is 11.2. The van der Waals surface area contributed by atoms with Crippen molar-refractivity contribution < 1.29 is 13.2 Å². The summed E-state index contributed by atoms with van der Waals surface area (Å²) in [6, 6.07) is 12.4. The Morgan fingerprint density at radius 3 is 2.46 bits per heavy atom. The van der Waals surface area contributed by atoms with Gasteiger partial charge in [0.15, 0.2) is 0 Å². The van der Waals surface area contributed by atoms with E-state index in [9.17, 15) is 13.2 Å². The minimum atomic E-state index is -3.47. The lowest BCUT2D eigenvalue weighted by Gasteiger charge is -2.38. The number of sulfonamides is 1. The van der Waals surface area contributed by atoms with Crippen LogP contribution in [0.25, 0.3) is 0 Å². The molecular formula is C16H19AlN2O3S2. The number of thiophene rings is 1. The van der Waals surface area contributed by atoms with Gasteiger partial charge in [0, 0.05) is 31.2 Å². The highest BCUT2D eigenvalue weighted by Crippen LogP contribution is 2.24. The van der Waals surface area contributed by atoms with Crippen molar-refractivity contribution in [2.24, 2.45) is 0 Å². The third-order valence-electron chi connectivity index (χ3n) is 4.15. The van der Waals surface area contributed by atoms with Gasteiger partial charge in [-0.15, -0.1) is 11.3 Å². The number of amides is 1. The molecule has 24 heavy (non-hydrogen) atoms. The maximum atomic E-state index is 12.8. The number of carbonyl (C=O) groups excluding carboxylic acids is 1. The van der Waals surface area contributed by atoms with Crippen LogP contribution in [0.15, 0.2) is 46.7 Å². The van der Waals surface area contributed by atoms with Crippen molar-refractivity contribution in [2.75, 3.05) is 19.6 Å². The Kier molecular flexibility index (Phi) is 5.14. The second kappa shape index (κ2) is 6.98. The molecule has 8 heteroatoms. The number of hydrogen-bond donors (Lipinski definition) is 0. The maximum Gasteiger partial charge on any atom is 0.275 e. The van der Waals surface area contributed by atoms with Crippen molar-refractivity contribution >= 4 is 47.3 Å². The highest BCUT2D eigenvalue weighted by Gasteiger charge is 2.35.